The van der Waals surface area contributed by atoms with E-state index in [1.165, 1.54) is 24.3 Å². The lowest BCUT2D eigenvalue weighted by Crippen LogP contribution is -2.54. The minimum atomic E-state index is -0.851. The Hall–Kier alpha value is -4.05. The molecule has 4 rings (SSSR count). The van der Waals surface area contributed by atoms with Gasteiger partial charge in [0.1, 0.15) is 17.1 Å². The Morgan fingerprint density at radius 1 is 1.03 bits per heavy atom. The highest BCUT2D eigenvalue weighted by molar-refractivity contribution is 9.10. The Bertz CT molecular complexity index is 1370. The van der Waals surface area contributed by atoms with Crippen molar-refractivity contribution < 1.29 is 23.7 Å². The quantitative estimate of drug-likeness (QED) is 0.231. The summed E-state index contributed by atoms with van der Waals surface area (Å²) in [6, 6.07) is 11.6. The number of carbonyl (C=O) groups excluding carboxylic acids is 3. The molecule has 0 saturated carbocycles. The van der Waals surface area contributed by atoms with Gasteiger partial charge in [-0.15, -0.1) is 0 Å². The van der Waals surface area contributed by atoms with Gasteiger partial charge in [-0.05, 0) is 61.4 Å². The van der Waals surface area contributed by atoms with Crippen molar-refractivity contribution in [2.45, 2.75) is 13.8 Å². The first-order valence-electron chi connectivity index (χ1n) is 9.68. The Balaban J connectivity index is 1.70. The second-order valence-electron chi connectivity index (χ2n) is 7.35. The number of rotatable bonds is 4. The predicted molar refractivity (Wildman–Crippen MR) is 123 cm³/mol. The van der Waals surface area contributed by atoms with E-state index in [0.717, 1.165) is 20.5 Å². The van der Waals surface area contributed by atoms with Gasteiger partial charge >= 0.3 is 6.03 Å². The highest BCUT2D eigenvalue weighted by atomic mass is 79.9. The van der Waals surface area contributed by atoms with Crippen LogP contribution in [0.3, 0.4) is 0 Å². The SMILES string of the molecule is Cc1cc(N2C(=O)NC(=O)/C(=C\c3ccc(-c4cc([N+](=O)[O-])ccc4C)o3)C2=O)ccc1Br. The van der Waals surface area contributed by atoms with E-state index in [1.807, 2.05) is 6.92 Å². The van der Waals surface area contributed by atoms with Gasteiger partial charge in [-0.1, -0.05) is 22.0 Å². The standard InChI is InChI=1S/C23H16BrN3O6/c1-12-3-4-15(27(31)32)10-17(12)20-8-6-16(33-20)11-18-21(28)25-23(30)26(22(18)29)14-5-7-19(24)13(2)9-14/h3-11H,1-2H3,(H,25,28,30)/b18-11+. The third-order valence-corrected chi connectivity index (χ3v) is 6.00. The maximum absolute atomic E-state index is 13.0. The van der Waals surface area contributed by atoms with Gasteiger partial charge in [0, 0.05) is 22.2 Å². The average Bonchev–Trinajstić information content (AvgIpc) is 3.22. The van der Waals surface area contributed by atoms with E-state index < -0.39 is 22.8 Å². The van der Waals surface area contributed by atoms with Gasteiger partial charge in [-0.2, -0.15) is 0 Å². The molecule has 0 aliphatic carbocycles. The molecule has 4 amide bonds. The van der Waals surface area contributed by atoms with Gasteiger partial charge in [-0.3, -0.25) is 25.0 Å². The van der Waals surface area contributed by atoms with Crippen LogP contribution in [0.25, 0.3) is 17.4 Å². The number of hydrogen-bond acceptors (Lipinski definition) is 6. The van der Waals surface area contributed by atoms with Crippen LogP contribution in [0.5, 0.6) is 0 Å². The summed E-state index contributed by atoms with van der Waals surface area (Å²) in [5.41, 5.74) is 2.00. The molecule has 1 aliphatic heterocycles. The third-order valence-electron chi connectivity index (χ3n) is 5.11. The van der Waals surface area contributed by atoms with E-state index in [9.17, 15) is 24.5 Å². The van der Waals surface area contributed by atoms with Gasteiger partial charge < -0.3 is 4.42 Å². The van der Waals surface area contributed by atoms with E-state index in [2.05, 4.69) is 21.2 Å². The summed E-state index contributed by atoms with van der Waals surface area (Å²) in [7, 11) is 0. The van der Waals surface area contributed by atoms with Gasteiger partial charge in [0.25, 0.3) is 17.5 Å². The van der Waals surface area contributed by atoms with Crippen LogP contribution < -0.4 is 10.2 Å². The van der Waals surface area contributed by atoms with Crippen molar-refractivity contribution in [3.05, 3.63) is 85.6 Å². The van der Waals surface area contributed by atoms with Crippen molar-refractivity contribution in [2.75, 3.05) is 4.90 Å². The zero-order valence-corrected chi connectivity index (χ0v) is 19.0. The maximum atomic E-state index is 13.0. The topological polar surface area (TPSA) is 123 Å². The average molecular weight is 510 g/mol. The molecule has 3 aromatic rings. The van der Waals surface area contributed by atoms with Crippen molar-refractivity contribution in [1.82, 2.24) is 5.32 Å². The molecule has 10 heteroatoms. The molecular weight excluding hydrogens is 494 g/mol. The number of non-ortho nitro benzene ring substituents is 1. The van der Waals surface area contributed by atoms with Crippen LogP contribution in [0.4, 0.5) is 16.2 Å². The number of nitro benzene ring substituents is 1. The maximum Gasteiger partial charge on any atom is 0.335 e. The molecule has 166 valence electrons. The summed E-state index contributed by atoms with van der Waals surface area (Å²) >= 11 is 3.37. The second kappa shape index (κ2) is 8.47. The van der Waals surface area contributed by atoms with Crippen LogP contribution in [-0.2, 0) is 9.59 Å². The lowest BCUT2D eigenvalue weighted by atomic mass is 10.1. The highest BCUT2D eigenvalue weighted by Gasteiger charge is 2.37. The molecule has 1 aliphatic rings. The minimum Gasteiger partial charge on any atom is -0.457 e. The number of nitro groups is 1. The fourth-order valence-corrected chi connectivity index (χ4v) is 3.61. The smallest absolute Gasteiger partial charge is 0.335 e. The molecule has 1 saturated heterocycles. The first kappa shape index (κ1) is 22.2. The number of carbonyl (C=O) groups is 3. The largest absolute Gasteiger partial charge is 0.457 e. The lowest BCUT2D eigenvalue weighted by Gasteiger charge is -2.26. The Morgan fingerprint density at radius 2 is 1.79 bits per heavy atom. The molecule has 0 spiro atoms. The number of hydrogen-bond donors (Lipinski definition) is 1. The van der Waals surface area contributed by atoms with Crippen molar-refractivity contribution in [2.24, 2.45) is 0 Å². The van der Waals surface area contributed by atoms with E-state index in [1.54, 1.807) is 37.3 Å². The van der Waals surface area contributed by atoms with Gasteiger partial charge in [0.15, 0.2) is 0 Å². The Morgan fingerprint density at radius 3 is 2.48 bits per heavy atom. The zero-order chi connectivity index (χ0) is 23.9. The van der Waals surface area contributed by atoms with Gasteiger partial charge in [-0.25, -0.2) is 9.69 Å². The number of furan rings is 1. The number of anilines is 1. The number of urea groups is 1. The molecule has 2 aromatic carbocycles. The van der Waals surface area contributed by atoms with E-state index in [0.29, 0.717) is 17.0 Å². The van der Waals surface area contributed by atoms with Crippen LogP contribution >= 0.6 is 15.9 Å². The zero-order valence-electron chi connectivity index (χ0n) is 17.4. The minimum absolute atomic E-state index is 0.0901. The number of nitrogens with zero attached hydrogens (tertiary/aromatic N) is 2. The van der Waals surface area contributed by atoms with Crippen molar-refractivity contribution in [3.8, 4) is 11.3 Å². The molecule has 0 radical (unpaired) electrons. The number of halogens is 1. The summed E-state index contributed by atoms with van der Waals surface area (Å²) in [5, 5.41) is 13.3. The van der Waals surface area contributed by atoms with Crippen molar-refractivity contribution in [3.63, 3.8) is 0 Å². The monoisotopic (exact) mass is 509 g/mol. The van der Waals surface area contributed by atoms with Crippen LogP contribution in [-0.4, -0.2) is 22.8 Å². The lowest BCUT2D eigenvalue weighted by molar-refractivity contribution is -0.384. The molecular formula is C23H16BrN3O6. The van der Waals surface area contributed by atoms with Crippen LogP contribution in [0.2, 0.25) is 0 Å². The molecule has 2 heterocycles. The number of imide groups is 2. The molecule has 1 N–H and O–H groups in total. The van der Waals surface area contributed by atoms with Crippen LogP contribution in [0.1, 0.15) is 16.9 Å². The summed E-state index contributed by atoms with van der Waals surface area (Å²) in [5.74, 6) is -1.13. The molecule has 0 atom stereocenters. The number of nitrogens with one attached hydrogen (secondary N) is 1. The first-order valence-corrected chi connectivity index (χ1v) is 10.5. The summed E-state index contributed by atoms with van der Waals surface area (Å²) in [4.78, 5) is 49.3. The predicted octanol–water partition coefficient (Wildman–Crippen LogP) is 4.90. The van der Waals surface area contributed by atoms with Crippen molar-refractivity contribution >= 4 is 51.2 Å². The molecule has 0 bridgehead atoms. The third kappa shape index (κ3) is 4.20. The van der Waals surface area contributed by atoms with Gasteiger partial charge in [0.2, 0.25) is 0 Å². The van der Waals surface area contributed by atoms with Crippen LogP contribution in [0.15, 0.2) is 63.0 Å². The Kier molecular flexibility index (Phi) is 5.69. The molecule has 1 fully saturated rings. The molecule has 9 nitrogen and oxygen atoms in total. The number of aryl methyl sites for hydroxylation is 2. The van der Waals surface area contributed by atoms with E-state index in [-0.39, 0.29) is 17.0 Å². The van der Waals surface area contributed by atoms with Crippen LogP contribution in [0, 0.1) is 24.0 Å². The van der Waals surface area contributed by atoms with E-state index >= 15 is 0 Å². The fourth-order valence-electron chi connectivity index (χ4n) is 3.37. The second-order valence-corrected chi connectivity index (χ2v) is 8.20. The normalized spacial score (nSPS) is 15.2. The van der Waals surface area contributed by atoms with E-state index in [4.69, 9.17) is 4.42 Å². The number of benzene rings is 2. The van der Waals surface area contributed by atoms with Gasteiger partial charge in [0.05, 0.1) is 10.6 Å². The number of barbiturate groups is 1. The molecule has 0 unspecified atom stereocenters. The first-order chi connectivity index (χ1) is 15.7. The molecule has 33 heavy (non-hydrogen) atoms. The number of amides is 4. The summed E-state index contributed by atoms with van der Waals surface area (Å²) < 4.78 is 6.55. The fraction of sp³-hybridized carbons (Fsp3) is 0.0870. The Labute approximate surface area is 196 Å². The van der Waals surface area contributed by atoms with Crippen molar-refractivity contribution in [1.29, 1.82) is 0 Å². The molecule has 1 aromatic heterocycles. The summed E-state index contributed by atoms with van der Waals surface area (Å²) in [6.07, 6.45) is 1.24. The summed E-state index contributed by atoms with van der Waals surface area (Å²) in [6.45, 7) is 3.59. The highest BCUT2D eigenvalue weighted by Crippen LogP contribution is 2.31.